The number of hydrogen-bond donors (Lipinski definition) is 1. The van der Waals surface area contributed by atoms with E-state index in [0.717, 1.165) is 11.3 Å². The Hall–Kier alpha value is -2.10. The minimum atomic E-state index is -0.677. The number of ether oxygens (including phenoxy) is 3. The number of carbonyl (C=O) groups excluding carboxylic acids is 3. The number of nitrogens with one attached hydrogen (secondary N) is 1. The third kappa shape index (κ3) is 9.27. The molecule has 8 nitrogen and oxygen atoms in total. The number of hydrogen-bond acceptors (Lipinski definition) is 8. The molecular weight excluding hydrogens is 456 g/mol. The van der Waals surface area contributed by atoms with Crippen LogP contribution in [-0.2, 0) is 35.0 Å². The first-order chi connectivity index (χ1) is 16.1. The zero-order chi connectivity index (χ0) is 25.1. The lowest BCUT2D eigenvalue weighted by atomic mass is 10.0. The van der Waals surface area contributed by atoms with Crippen LogP contribution in [0.25, 0.3) is 0 Å². The molecule has 1 aromatic rings. The quantitative estimate of drug-likeness (QED) is 0.370. The Morgan fingerprint density at radius 2 is 1.88 bits per heavy atom. The Kier molecular flexibility index (Phi) is 11.3. The van der Waals surface area contributed by atoms with Gasteiger partial charge in [0.05, 0.1) is 12.6 Å². The third-order valence-corrected chi connectivity index (χ3v) is 6.32. The summed E-state index contributed by atoms with van der Waals surface area (Å²) in [6.07, 6.45) is 1.12. The molecule has 1 saturated heterocycles. The molecule has 34 heavy (non-hydrogen) atoms. The summed E-state index contributed by atoms with van der Waals surface area (Å²) < 4.78 is 15.9. The van der Waals surface area contributed by atoms with Crippen LogP contribution in [0.15, 0.2) is 30.3 Å². The molecule has 0 radical (unpaired) electrons. The lowest BCUT2D eigenvalue weighted by Gasteiger charge is -2.37. The van der Waals surface area contributed by atoms with Gasteiger partial charge in [-0.25, -0.2) is 4.79 Å². The van der Waals surface area contributed by atoms with E-state index in [1.54, 1.807) is 23.6 Å². The second-order valence-corrected chi connectivity index (χ2v) is 10.4. The van der Waals surface area contributed by atoms with Gasteiger partial charge < -0.3 is 19.1 Å². The third-order valence-electron chi connectivity index (χ3n) is 5.29. The summed E-state index contributed by atoms with van der Waals surface area (Å²) in [6.45, 7) is 8.04. The van der Waals surface area contributed by atoms with Gasteiger partial charge in [-0.15, -0.1) is 0 Å². The molecule has 0 bridgehead atoms. The van der Waals surface area contributed by atoms with Gasteiger partial charge in [-0.3, -0.25) is 14.9 Å². The average Bonchev–Trinajstić information content (AvgIpc) is 2.80. The Labute approximate surface area is 207 Å². The first-order valence-electron chi connectivity index (χ1n) is 11.7. The summed E-state index contributed by atoms with van der Waals surface area (Å²) in [5.74, 6) is 0.175. The van der Waals surface area contributed by atoms with Crippen molar-refractivity contribution in [3.05, 3.63) is 35.9 Å². The monoisotopic (exact) mass is 494 g/mol. The summed E-state index contributed by atoms with van der Waals surface area (Å²) in [5, 5.41) is 3.15. The highest BCUT2D eigenvalue weighted by Gasteiger charge is 2.38. The Morgan fingerprint density at radius 1 is 1.18 bits per heavy atom. The topological polar surface area (TPSA) is 94.2 Å². The molecule has 0 spiro atoms. The van der Waals surface area contributed by atoms with Crippen LogP contribution in [0.4, 0.5) is 0 Å². The number of carbonyl (C=O) groups is 3. The van der Waals surface area contributed by atoms with Crippen LogP contribution in [0.5, 0.6) is 0 Å². The van der Waals surface area contributed by atoms with Crippen LogP contribution in [0.3, 0.4) is 0 Å². The number of esters is 2. The number of nitrogens with zero attached hydrogens (tertiary/aromatic N) is 1. The molecule has 0 saturated carbocycles. The number of amides is 1. The van der Waals surface area contributed by atoms with Gasteiger partial charge >= 0.3 is 11.9 Å². The van der Waals surface area contributed by atoms with Gasteiger partial charge in [-0.2, -0.15) is 11.8 Å². The summed E-state index contributed by atoms with van der Waals surface area (Å²) in [5.41, 5.74) is 0.461. The lowest BCUT2D eigenvalue weighted by molar-refractivity contribution is -0.164. The maximum absolute atomic E-state index is 13.3. The van der Waals surface area contributed by atoms with Crippen LogP contribution in [0.1, 0.15) is 39.7 Å². The molecule has 1 N–H and O–H groups in total. The van der Waals surface area contributed by atoms with Crippen molar-refractivity contribution in [2.75, 3.05) is 38.4 Å². The number of benzene rings is 1. The predicted octanol–water partition coefficient (Wildman–Crippen LogP) is 2.44. The molecule has 1 amide bonds. The van der Waals surface area contributed by atoms with Gasteiger partial charge in [0.15, 0.2) is 0 Å². The molecule has 0 aliphatic carbocycles. The normalized spacial score (nSPS) is 18.1. The van der Waals surface area contributed by atoms with Crippen LogP contribution in [0, 0.1) is 0 Å². The Balaban J connectivity index is 2.07. The minimum Gasteiger partial charge on any atom is -0.462 e. The predicted molar refractivity (Wildman–Crippen MR) is 133 cm³/mol. The highest BCUT2D eigenvalue weighted by Crippen LogP contribution is 2.21. The van der Waals surface area contributed by atoms with E-state index >= 15 is 0 Å². The second kappa shape index (κ2) is 13.7. The van der Waals surface area contributed by atoms with E-state index in [1.807, 2.05) is 51.1 Å². The van der Waals surface area contributed by atoms with Crippen molar-refractivity contribution >= 4 is 29.6 Å². The first-order valence-corrected chi connectivity index (χ1v) is 12.8. The van der Waals surface area contributed by atoms with Crippen molar-refractivity contribution in [2.24, 2.45) is 0 Å². The minimum absolute atomic E-state index is 0.144. The van der Waals surface area contributed by atoms with Crippen LogP contribution in [-0.4, -0.2) is 84.8 Å². The van der Waals surface area contributed by atoms with Gasteiger partial charge in [0.25, 0.3) is 0 Å². The van der Waals surface area contributed by atoms with Crippen LogP contribution in [0.2, 0.25) is 0 Å². The van der Waals surface area contributed by atoms with E-state index in [-0.39, 0.29) is 12.5 Å². The second-order valence-electron chi connectivity index (χ2n) is 9.28. The largest absolute Gasteiger partial charge is 0.462 e. The summed E-state index contributed by atoms with van der Waals surface area (Å²) in [7, 11) is 1.54. The first kappa shape index (κ1) is 28.1. The van der Waals surface area contributed by atoms with E-state index in [1.165, 1.54) is 7.11 Å². The zero-order valence-electron chi connectivity index (χ0n) is 20.9. The molecule has 190 valence electrons. The van der Waals surface area contributed by atoms with Crippen molar-refractivity contribution in [1.82, 2.24) is 10.2 Å². The standard InChI is InChI=1S/C25H38N2O6S/c1-18(22(28)27-13-16-34-17-21(27)24(30)33-25(2,3)4)26-20(23(29)32-15-14-31-5)12-11-19-9-7-6-8-10-19/h6-10,18,20-21,26H,11-17H2,1-5H3/t18-,20?,21?/m0/s1. The lowest BCUT2D eigenvalue weighted by Crippen LogP contribution is -2.58. The van der Waals surface area contributed by atoms with Gasteiger partial charge in [0.2, 0.25) is 5.91 Å². The highest BCUT2D eigenvalue weighted by molar-refractivity contribution is 7.99. The van der Waals surface area contributed by atoms with E-state index in [9.17, 15) is 14.4 Å². The molecule has 0 aromatic heterocycles. The molecule has 2 unspecified atom stereocenters. The Bertz CT molecular complexity index is 798. The summed E-state index contributed by atoms with van der Waals surface area (Å²) in [6, 6.07) is 7.84. The molecule has 1 aliphatic heterocycles. The fraction of sp³-hybridized carbons (Fsp3) is 0.640. The number of methoxy groups -OCH3 is 1. The van der Waals surface area contributed by atoms with Gasteiger partial charge in [0.1, 0.15) is 24.3 Å². The van der Waals surface area contributed by atoms with Gasteiger partial charge in [-0.05, 0) is 46.1 Å². The molecule has 1 aromatic carbocycles. The Morgan fingerprint density at radius 3 is 2.53 bits per heavy atom. The van der Waals surface area contributed by atoms with Crippen molar-refractivity contribution in [2.45, 2.75) is 64.3 Å². The van der Waals surface area contributed by atoms with E-state index < -0.39 is 35.7 Å². The van der Waals surface area contributed by atoms with Gasteiger partial charge in [0, 0.05) is 25.2 Å². The molecule has 1 heterocycles. The van der Waals surface area contributed by atoms with Gasteiger partial charge in [-0.1, -0.05) is 30.3 Å². The molecule has 1 fully saturated rings. The van der Waals surface area contributed by atoms with Crippen LogP contribution < -0.4 is 5.32 Å². The fourth-order valence-electron chi connectivity index (χ4n) is 3.61. The number of aryl methyl sites for hydroxylation is 1. The van der Waals surface area contributed by atoms with Crippen molar-refractivity contribution in [3.63, 3.8) is 0 Å². The van der Waals surface area contributed by atoms with Crippen molar-refractivity contribution in [1.29, 1.82) is 0 Å². The van der Waals surface area contributed by atoms with E-state index in [2.05, 4.69) is 5.32 Å². The number of thioether (sulfide) groups is 1. The smallest absolute Gasteiger partial charge is 0.330 e. The maximum Gasteiger partial charge on any atom is 0.330 e. The molecule has 2 rings (SSSR count). The van der Waals surface area contributed by atoms with E-state index in [0.29, 0.717) is 31.7 Å². The zero-order valence-corrected chi connectivity index (χ0v) is 21.7. The SMILES string of the molecule is COCCOC(=O)C(CCc1ccccc1)N[C@@H](C)C(=O)N1CCSCC1C(=O)OC(C)(C)C. The highest BCUT2D eigenvalue weighted by atomic mass is 32.2. The average molecular weight is 495 g/mol. The van der Waals surface area contributed by atoms with Crippen molar-refractivity contribution in [3.8, 4) is 0 Å². The van der Waals surface area contributed by atoms with Crippen LogP contribution >= 0.6 is 11.8 Å². The molecule has 1 aliphatic rings. The molecular formula is C25H38N2O6S. The van der Waals surface area contributed by atoms with E-state index in [4.69, 9.17) is 14.2 Å². The molecule has 9 heteroatoms. The summed E-state index contributed by atoms with van der Waals surface area (Å²) in [4.78, 5) is 40.4. The van der Waals surface area contributed by atoms with Crippen molar-refractivity contribution < 1.29 is 28.6 Å². The maximum atomic E-state index is 13.3. The summed E-state index contributed by atoms with van der Waals surface area (Å²) >= 11 is 1.62. The number of rotatable bonds is 11. The molecule has 3 atom stereocenters. The fourth-order valence-corrected chi connectivity index (χ4v) is 4.64.